The van der Waals surface area contributed by atoms with Crippen LogP contribution in [0.25, 0.3) is 0 Å². The van der Waals surface area contributed by atoms with E-state index in [0.29, 0.717) is 24.4 Å². The van der Waals surface area contributed by atoms with Gasteiger partial charge >= 0.3 is 0 Å². The fourth-order valence-electron chi connectivity index (χ4n) is 2.49. The average molecular weight is 283 g/mol. The summed E-state index contributed by atoms with van der Waals surface area (Å²) in [5.41, 5.74) is -0.406. The number of hydrogen-bond donors (Lipinski definition) is 1. The lowest BCUT2D eigenvalue weighted by molar-refractivity contribution is -0.0583. The maximum Gasteiger partial charge on any atom is 0.228 e. The maximum absolute atomic E-state index is 5.91. The van der Waals surface area contributed by atoms with E-state index in [0.717, 1.165) is 32.2 Å². The Morgan fingerprint density at radius 2 is 1.90 bits per heavy atom. The van der Waals surface area contributed by atoms with E-state index in [9.17, 15) is 0 Å². The minimum atomic E-state index is -0.406. The third kappa shape index (κ3) is 4.03. The minimum absolute atomic E-state index is 0.387. The molecule has 0 spiro atoms. The smallest absolute Gasteiger partial charge is 0.228 e. The standard InChI is InChI=1S/C15H29N3O2/c1-6-12(16-9-4)11-13-17-14(18-20-13)15(7-2,8-3)19-10-5/h12,16H,6-11H2,1-5H3. The summed E-state index contributed by atoms with van der Waals surface area (Å²) in [5, 5.41) is 7.58. The summed E-state index contributed by atoms with van der Waals surface area (Å²) in [6.07, 6.45) is 3.51. The Bertz CT molecular complexity index is 375. The van der Waals surface area contributed by atoms with Gasteiger partial charge in [-0.2, -0.15) is 4.98 Å². The molecule has 5 heteroatoms. The van der Waals surface area contributed by atoms with Crippen molar-refractivity contribution in [2.24, 2.45) is 0 Å². The van der Waals surface area contributed by atoms with Crippen LogP contribution in [0.4, 0.5) is 0 Å². The van der Waals surface area contributed by atoms with Gasteiger partial charge in [0.15, 0.2) is 0 Å². The fraction of sp³-hybridized carbons (Fsp3) is 0.867. The van der Waals surface area contributed by atoms with Crippen LogP contribution in [-0.4, -0.2) is 29.3 Å². The third-order valence-electron chi connectivity index (χ3n) is 3.85. The number of likely N-dealkylation sites (N-methyl/N-ethyl adjacent to an activating group) is 1. The predicted octanol–water partition coefficient (Wildman–Crippen LogP) is 3.05. The molecule has 0 aliphatic heterocycles. The van der Waals surface area contributed by atoms with E-state index in [4.69, 9.17) is 9.26 Å². The number of nitrogens with one attached hydrogen (secondary N) is 1. The second kappa shape index (κ2) is 8.37. The highest BCUT2D eigenvalue weighted by Crippen LogP contribution is 2.30. The van der Waals surface area contributed by atoms with Crippen molar-refractivity contribution in [2.75, 3.05) is 13.2 Å². The molecule has 1 aromatic rings. The van der Waals surface area contributed by atoms with E-state index in [-0.39, 0.29) is 0 Å². The van der Waals surface area contributed by atoms with Gasteiger partial charge < -0.3 is 14.6 Å². The van der Waals surface area contributed by atoms with Crippen LogP contribution in [0.3, 0.4) is 0 Å². The van der Waals surface area contributed by atoms with E-state index < -0.39 is 5.60 Å². The molecule has 20 heavy (non-hydrogen) atoms. The molecule has 0 amide bonds. The van der Waals surface area contributed by atoms with Crippen LogP contribution in [0.1, 0.15) is 65.6 Å². The first-order chi connectivity index (χ1) is 9.65. The fourth-order valence-corrected chi connectivity index (χ4v) is 2.49. The minimum Gasteiger partial charge on any atom is -0.367 e. The van der Waals surface area contributed by atoms with Crippen LogP contribution in [0.2, 0.25) is 0 Å². The number of aromatic nitrogens is 2. The zero-order chi connectivity index (χ0) is 15.0. The number of rotatable bonds is 10. The first-order valence-corrected chi connectivity index (χ1v) is 7.86. The largest absolute Gasteiger partial charge is 0.367 e. The molecule has 0 fully saturated rings. The lowest BCUT2D eigenvalue weighted by atomic mass is 9.96. The summed E-state index contributed by atoms with van der Waals surface area (Å²) >= 11 is 0. The van der Waals surface area contributed by atoms with Gasteiger partial charge in [0, 0.05) is 19.1 Å². The van der Waals surface area contributed by atoms with Gasteiger partial charge in [0.05, 0.1) is 0 Å². The summed E-state index contributed by atoms with van der Waals surface area (Å²) in [5.74, 6) is 1.38. The van der Waals surface area contributed by atoms with Gasteiger partial charge in [0.25, 0.3) is 0 Å². The van der Waals surface area contributed by atoms with Gasteiger partial charge in [0.1, 0.15) is 5.60 Å². The Hall–Kier alpha value is -0.940. The first kappa shape index (κ1) is 17.1. The van der Waals surface area contributed by atoms with Crippen molar-refractivity contribution in [2.45, 2.75) is 71.9 Å². The van der Waals surface area contributed by atoms with E-state index in [1.807, 2.05) is 6.92 Å². The molecule has 0 aromatic carbocycles. The molecule has 0 bridgehead atoms. The molecule has 0 saturated heterocycles. The molecular weight excluding hydrogens is 254 g/mol. The van der Waals surface area contributed by atoms with Gasteiger partial charge in [0.2, 0.25) is 11.7 Å². The lowest BCUT2D eigenvalue weighted by Gasteiger charge is -2.27. The molecule has 1 aromatic heterocycles. The zero-order valence-corrected chi connectivity index (χ0v) is 13.5. The summed E-state index contributed by atoms with van der Waals surface area (Å²) < 4.78 is 11.3. The van der Waals surface area contributed by atoms with Crippen molar-refractivity contribution in [3.63, 3.8) is 0 Å². The van der Waals surface area contributed by atoms with Crippen LogP contribution in [0.15, 0.2) is 4.52 Å². The van der Waals surface area contributed by atoms with E-state index >= 15 is 0 Å². The predicted molar refractivity (Wildman–Crippen MR) is 79.6 cm³/mol. The Kier molecular flexibility index (Phi) is 7.16. The monoisotopic (exact) mass is 283 g/mol. The molecule has 1 unspecified atom stereocenters. The van der Waals surface area contributed by atoms with Crippen molar-refractivity contribution >= 4 is 0 Å². The van der Waals surface area contributed by atoms with Crippen molar-refractivity contribution in [1.29, 1.82) is 0 Å². The molecule has 116 valence electrons. The Morgan fingerprint density at radius 1 is 1.20 bits per heavy atom. The van der Waals surface area contributed by atoms with Crippen LogP contribution in [-0.2, 0) is 16.8 Å². The molecule has 0 radical (unpaired) electrons. The second-order valence-corrected chi connectivity index (χ2v) is 5.01. The highest BCUT2D eigenvalue weighted by molar-refractivity contribution is 5.01. The topological polar surface area (TPSA) is 60.2 Å². The molecule has 0 saturated carbocycles. The average Bonchev–Trinajstić information content (AvgIpc) is 2.93. The van der Waals surface area contributed by atoms with Crippen LogP contribution >= 0.6 is 0 Å². The molecule has 1 heterocycles. The molecule has 1 atom stereocenters. The van der Waals surface area contributed by atoms with Gasteiger partial charge in [-0.05, 0) is 32.7 Å². The number of nitrogens with zero attached hydrogens (tertiary/aromatic N) is 2. The van der Waals surface area contributed by atoms with Gasteiger partial charge in [-0.25, -0.2) is 0 Å². The van der Waals surface area contributed by atoms with E-state index in [1.54, 1.807) is 0 Å². The lowest BCUT2D eigenvalue weighted by Crippen LogP contribution is -2.31. The third-order valence-corrected chi connectivity index (χ3v) is 3.85. The van der Waals surface area contributed by atoms with Gasteiger partial charge in [-0.3, -0.25) is 0 Å². The highest BCUT2D eigenvalue weighted by atomic mass is 16.5. The van der Waals surface area contributed by atoms with Gasteiger partial charge in [-0.1, -0.05) is 32.9 Å². The number of ether oxygens (including phenoxy) is 1. The molecular formula is C15H29N3O2. The van der Waals surface area contributed by atoms with Gasteiger partial charge in [-0.15, -0.1) is 0 Å². The van der Waals surface area contributed by atoms with Crippen LogP contribution in [0, 0.1) is 0 Å². The summed E-state index contributed by atoms with van der Waals surface area (Å²) in [4.78, 5) is 4.57. The maximum atomic E-state index is 5.91. The van der Waals surface area contributed by atoms with Crippen LogP contribution < -0.4 is 5.32 Å². The van der Waals surface area contributed by atoms with Crippen molar-refractivity contribution < 1.29 is 9.26 Å². The van der Waals surface area contributed by atoms with Crippen molar-refractivity contribution in [1.82, 2.24) is 15.5 Å². The molecule has 0 aliphatic rings. The van der Waals surface area contributed by atoms with E-state index in [2.05, 4.69) is 43.2 Å². The second-order valence-electron chi connectivity index (χ2n) is 5.01. The van der Waals surface area contributed by atoms with Crippen molar-refractivity contribution in [3.8, 4) is 0 Å². The number of hydrogen-bond acceptors (Lipinski definition) is 5. The summed E-state index contributed by atoms with van der Waals surface area (Å²) in [7, 11) is 0. The molecule has 1 N–H and O–H groups in total. The first-order valence-electron chi connectivity index (χ1n) is 7.86. The molecule has 5 nitrogen and oxygen atoms in total. The Morgan fingerprint density at radius 3 is 2.40 bits per heavy atom. The molecule has 1 rings (SSSR count). The zero-order valence-electron chi connectivity index (χ0n) is 13.5. The molecule has 0 aliphatic carbocycles. The Labute approximate surface area is 122 Å². The van der Waals surface area contributed by atoms with Crippen molar-refractivity contribution in [3.05, 3.63) is 11.7 Å². The van der Waals surface area contributed by atoms with Crippen LogP contribution in [0.5, 0.6) is 0 Å². The normalized spacial score (nSPS) is 13.7. The van der Waals surface area contributed by atoms with E-state index in [1.165, 1.54) is 0 Å². The highest BCUT2D eigenvalue weighted by Gasteiger charge is 2.34. The summed E-state index contributed by atoms with van der Waals surface area (Å²) in [6, 6.07) is 0.387. The summed E-state index contributed by atoms with van der Waals surface area (Å²) in [6.45, 7) is 12.1. The Balaban J connectivity index is 2.83. The quantitative estimate of drug-likeness (QED) is 0.715. The SMILES string of the molecule is CCNC(CC)Cc1nc(C(CC)(CC)OCC)no1.